The molecule has 92 valence electrons. The molecule has 0 saturated heterocycles. The summed E-state index contributed by atoms with van der Waals surface area (Å²) in [5, 5.41) is 8.65. The zero-order chi connectivity index (χ0) is 12.8. The maximum absolute atomic E-state index is 11.6. The van der Waals surface area contributed by atoms with Crippen molar-refractivity contribution < 1.29 is 19.4 Å². The number of aliphatic carboxylic acids is 1. The molecule has 0 spiro atoms. The summed E-state index contributed by atoms with van der Waals surface area (Å²) in [6, 6.07) is 5.12. The van der Waals surface area contributed by atoms with Crippen molar-refractivity contribution in [3.63, 3.8) is 0 Å². The van der Waals surface area contributed by atoms with Gasteiger partial charge in [0.1, 0.15) is 0 Å². The fraction of sp³-hybridized carbons (Fsp3) is 0.333. The summed E-state index contributed by atoms with van der Waals surface area (Å²) in [6.45, 7) is 2.03. The molecule has 1 aromatic carbocycles. The van der Waals surface area contributed by atoms with Crippen LogP contribution in [-0.4, -0.2) is 23.7 Å². The van der Waals surface area contributed by atoms with Crippen molar-refractivity contribution in [2.24, 2.45) is 0 Å². The molecule has 0 fully saturated rings. The topological polar surface area (TPSA) is 63.6 Å². The van der Waals surface area contributed by atoms with E-state index in [-0.39, 0.29) is 6.42 Å². The van der Waals surface area contributed by atoms with E-state index in [1.807, 2.05) is 0 Å². The van der Waals surface area contributed by atoms with Gasteiger partial charge in [-0.2, -0.15) is 0 Å². The molecule has 0 radical (unpaired) electrons. The van der Waals surface area contributed by atoms with Gasteiger partial charge < -0.3 is 9.84 Å². The quantitative estimate of drug-likeness (QED) is 0.849. The lowest BCUT2D eigenvalue weighted by Crippen LogP contribution is -2.09. The number of esters is 1. The van der Waals surface area contributed by atoms with Crippen LogP contribution in [0.1, 0.15) is 29.3 Å². The minimum Gasteiger partial charge on any atom is -0.481 e. The number of rotatable bonds is 5. The molecule has 0 bridgehead atoms. The normalized spacial score (nSPS) is 10.0. The number of hydrogen-bond acceptors (Lipinski definition) is 3. The van der Waals surface area contributed by atoms with Crippen LogP contribution >= 0.6 is 15.9 Å². The highest BCUT2D eigenvalue weighted by Crippen LogP contribution is 2.19. The van der Waals surface area contributed by atoms with Gasteiger partial charge in [-0.25, -0.2) is 4.79 Å². The number of hydrogen-bond donors (Lipinski definition) is 1. The van der Waals surface area contributed by atoms with Crippen molar-refractivity contribution >= 4 is 27.9 Å². The van der Waals surface area contributed by atoms with Crippen LogP contribution in [0.5, 0.6) is 0 Å². The van der Waals surface area contributed by atoms with Crippen LogP contribution in [0.15, 0.2) is 22.7 Å². The molecule has 1 aromatic rings. The Hall–Kier alpha value is -1.36. The SMILES string of the molecule is CCOC(=O)c1ccc(Br)cc1CCC(=O)O. The average Bonchev–Trinajstić information content (AvgIpc) is 2.26. The summed E-state index contributed by atoms with van der Waals surface area (Å²) >= 11 is 3.29. The Kier molecular flexibility index (Phi) is 5.15. The van der Waals surface area contributed by atoms with Crippen molar-refractivity contribution in [2.45, 2.75) is 19.8 Å². The molecule has 0 atom stereocenters. The van der Waals surface area contributed by atoms with E-state index in [4.69, 9.17) is 9.84 Å². The van der Waals surface area contributed by atoms with E-state index in [0.29, 0.717) is 24.2 Å². The average molecular weight is 301 g/mol. The number of carboxylic acid groups (broad SMARTS) is 1. The molecule has 0 heterocycles. The molecular formula is C12H13BrO4. The Balaban J connectivity index is 2.94. The molecule has 0 aliphatic rings. The molecule has 0 saturated carbocycles. The van der Waals surface area contributed by atoms with Gasteiger partial charge in [0.2, 0.25) is 0 Å². The lowest BCUT2D eigenvalue weighted by atomic mass is 10.0. The van der Waals surface area contributed by atoms with E-state index in [1.54, 1.807) is 25.1 Å². The first-order valence-corrected chi connectivity index (χ1v) is 6.01. The summed E-state index contributed by atoms with van der Waals surface area (Å²) in [5.41, 5.74) is 1.11. The van der Waals surface area contributed by atoms with Gasteiger partial charge in [-0.15, -0.1) is 0 Å². The number of carboxylic acids is 1. The fourth-order valence-corrected chi connectivity index (χ4v) is 1.83. The summed E-state index contributed by atoms with van der Waals surface area (Å²) in [6.07, 6.45) is 0.297. The lowest BCUT2D eigenvalue weighted by Gasteiger charge is -2.08. The highest BCUT2D eigenvalue weighted by molar-refractivity contribution is 9.10. The van der Waals surface area contributed by atoms with Crippen molar-refractivity contribution in [1.29, 1.82) is 0 Å². The van der Waals surface area contributed by atoms with Gasteiger partial charge in [-0.3, -0.25) is 4.79 Å². The van der Waals surface area contributed by atoms with Gasteiger partial charge in [0.05, 0.1) is 12.2 Å². The van der Waals surface area contributed by atoms with E-state index >= 15 is 0 Å². The molecule has 1 rings (SSSR count). The first kappa shape index (κ1) is 13.7. The van der Waals surface area contributed by atoms with Crippen LogP contribution < -0.4 is 0 Å². The Morgan fingerprint density at radius 2 is 2.12 bits per heavy atom. The third-order valence-electron chi connectivity index (χ3n) is 2.17. The van der Waals surface area contributed by atoms with Gasteiger partial charge in [0.25, 0.3) is 0 Å². The van der Waals surface area contributed by atoms with Gasteiger partial charge in [0.15, 0.2) is 0 Å². The molecule has 5 heteroatoms. The highest BCUT2D eigenvalue weighted by Gasteiger charge is 2.13. The summed E-state index contributed by atoms with van der Waals surface area (Å²) in [5.74, 6) is -1.31. The summed E-state index contributed by atoms with van der Waals surface area (Å²) < 4.78 is 5.72. The minimum atomic E-state index is -0.889. The molecule has 17 heavy (non-hydrogen) atoms. The monoisotopic (exact) mass is 300 g/mol. The zero-order valence-corrected chi connectivity index (χ0v) is 11.0. The Bertz CT molecular complexity index is 429. The Morgan fingerprint density at radius 1 is 1.41 bits per heavy atom. The fourth-order valence-electron chi connectivity index (χ4n) is 1.42. The van der Waals surface area contributed by atoms with Crippen LogP contribution in [0.2, 0.25) is 0 Å². The number of halogens is 1. The molecule has 4 nitrogen and oxygen atoms in total. The van der Waals surface area contributed by atoms with Gasteiger partial charge in [-0.05, 0) is 37.1 Å². The smallest absolute Gasteiger partial charge is 0.338 e. The molecule has 0 amide bonds. The largest absolute Gasteiger partial charge is 0.481 e. The van der Waals surface area contributed by atoms with E-state index < -0.39 is 11.9 Å². The van der Waals surface area contributed by atoms with E-state index in [2.05, 4.69) is 15.9 Å². The third kappa shape index (κ3) is 4.19. The van der Waals surface area contributed by atoms with Crippen LogP contribution in [0.4, 0.5) is 0 Å². The van der Waals surface area contributed by atoms with Crippen LogP contribution in [0, 0.1) is 0 Å². The molecule has 0 aromatic heterocycles. The first-order valence-electron chi connectivity index (χ1n) is 5.22. The predicted molar refractivity (Wildman–Crippen MR) is 66.1 cm³/mol. The second-order valence-electron chi connectivity index (χ2n) is 3.42. The zero-order valence-electron chi connectivity index (χ0n) is 9.40. The van der Waals surface area contributed by atoms with Crippen LogP contribution in [0.3, 0.4) is 0 Å². The second-order valence-corrected chi connectivity index (χ2v) is 4.33. The Labute approximate surface area is 108 Å². The molecule has 1 N–H and O–H groups in total. The molecule has 0 unspecified atom stereocenters. The first-order chi connectivity index (χ1) is 8.04. The van der Waals surface area contributed by atoms with Crippen molar-refractivity contribution in [3.05, 3.63) is 33.8 Å². The maximum Gasteiger partial charge on any atom is 0.338 e. The van der Waals surface area contributed by atoms with E-state index in [1.165, 1.54) is 0 Å². The molecular weight excluding hydrogens is 288 g/mol. The maximum atomic E-state index is 11.6. The molecule has 0 aliphatic carbocycles. The standard InChI is InChI=1S/C12H13BrO4/c1-2-17-12(16)10-5-4-9(13)7-8(10)3-6-11(14)15/h4-5,7H,2-3,6H2,1H3,(H,14,15). The number of carbonyl (C=O) groups is 2. The Morgan fingerprint density at radius 3 is 2.71 bits per heavy atom. The summed E-state index contributed by atoms with van der Waals surface area (Å²) in [4.78, 5) is 22.2. The number of carbonyl (C=O) groups excluding carboxylic acids is 1. The van der Waals surface area contributed by atoms with Crippen molar-refractivity contribution in [2.75, 3.05) is 6.61 Å². The van der Waals surface area contributed by atoms with Gasteiger partial charge >= 0.3 is 11.9 Å². The summed E-state index contributed by atoms with van der Waals surface area (Å²) in [7, 11) is 0. The number of ether oxygens (including phenoxy) is 1. The van der Waals surface area contributed by atoms with E-state index in [0.717, 1.165) is 4.47 Å². The lowest BCUT2D eigenvalue weighted by molar-refractivity contribution is -0.136. The number of aryl methyl sites for hydroxylation is 1. The van der Waals surface area contributed by atoms with E-state index in [9.17, 15) is 9.59 Å². The van der Waals surface area contributed by atoms with Crippen molar-refractivity contribution in [3.8, 4) is 0 Å². The van der Waals surface area contributed by atoms with Gasteiger partial charge in [-0.1, -0.05) is 15.9 Å². The number of benzene rings is 1. The van der Waals surface area contributed by atoms with Crippen LogP contribution in [-0.2, 0) is 16.0 Å². The minimum absolute atomic E-state index is 0.0111. The van der Waals surface area contributed by atoms with Crippen molar-refractivity contribution in [1.82, 2.24) is 0 Å². The highest BCUT2D eigenvalue weighted by atomic mass is 79.9. The van der Waals surface area contributed by atoms with Crippen LogP contribution in [0.25, 0.3) is 0 Å². The predicted octanol–water partition coefficient (Wildman–Crippen LogP) is 2.64. The second kappa shape index (κ2) is 6.39. The molecule has 0 aliphatic heterocycles. The third-order valence-corrected chi connectivity index (χ3v) is 2.66. The van der Waals surface area contributed by atoms with Gasteiger partial charge in [0, 0.05) is 10.9 Å².